The molecule has 1 aromatic heterocycles. The number of nitrogens with one attached hydrogen (secondary N) is 1. The second kappa shape index (κ2) is 6.33. The molecule has 0 radical (unpaired) electrons. The monoisotopic (exact) mass is 270 g/mol. The van der Waals surface area contributed by atoms with Crippen LogP contribution in [0.1, 0.15) is 31.4 Å². The fourth-order valence-corrected chi connectivity index (χ4v) is 3.10. The molecule has 0 aliphatic carbocycles. The van der Waals surface area contributed by atoms with Gasteiger partial charge in [0.1, 0.15) is 0 Å². The lowest BCUT2D eigenvalue weighted by Gasteiger charge is -2.22. The van der Waals surface area contributed by atoms with Crippen molar-refractivity contribution in [3.8, 4) is 0 Å². The van der Waals surface area contributed by atoms with E-state index in [9.17, 15) is 0 Å². The zero-order valence-electron chi connectivity index (χ0n) is 12.0. The standard InChI is InChI=1S/C17H22N2O/c1-2-18-17(11-13-8-10-20-12-13)15-5-3-7-16-14(15)6-4-9-19-16/h3-7,9,13,17-18H,2,8,10-12H2,1H3. The van der Waals surface area contributed by atoms with Crippen molar-refractivity contribution in [1.29, 1.82) is 0 Å². The predicted molar refractivity (Wildman–Crippen MR) is 81.7 cm³/mol. The molecule has 0 amide bonds. The van der Waals surface area contributed by atoms with Crippen LogP contribution in [0.15, 0.2) is 36.5 Å². The normalized spacial score (nSPS) is 20.4. The Hall–Kier alpha value is -1.45. The van der Waals surface area contributed by atoms with Gasteiger partial charge in [0.15, 0.2) is 0 Å². The number of nitrogens with zero attached hydrogens (tertiary/aromatic N) is 1. The van der Waals surface area contributed by atoms with Gasteiger partial charge < -0.3 is 10.1 Å². The number of benzene rings is 1. The average molecular weight is 270 g/mol. The van der Waals surface area contributed by atoms with Gasteiger partial charge in [0.05, 0.1) is 5.52 Å². The van der Waals surface area contributed by atoms with Crippen molar-refractivity contribution in [2.45, 2.75) is 25.8 Å². The molecule has 2 aromatic rings. The van der Waals surface area contributed by atoms with E-state index in [1.165, 1.54) is 17.4 Å². The van der Waals surface area contributed by atoms with Crippen LogP contribution < -0.4 is 5.32 Å². The zero-order valence-corrected chi connectivity index (χ0v) is 12.0. The van der Waals surface area contributed by atoms with E-state index >= 15 is 0 Å². The van der Waals surface area contributed by atoms with Crippen molar-refractivity contribution in [3.63, 3.8) is 0 Å². The van der Waals surface area contributed by atoms with Crippen LogP contribution in [0.5, 0.6) is 0 Å². The Kier molecular flexibility index (Phi) is 4.28. The van der Waals surface area contributed by atoms with E-state index in [0.717, 1.165) is 31.7 Å². The lowest BCUT2D eigenvalue weighted by Crippen LogP contribution is -2.24. The molecule has 1 aliphatic rings. The summed E-state index contributed by atoms with van der Waals surface area (Å²) in [7, 11) is 0. The average Bonchev–Trinajstić information content (AvgIpc) is 2.99. The van der Waals surface area contributed by atoms with Gasteiger partial charge in [0, 0.05) is 30.8 Å². The van der Waals surface area contributed by atoms with Crippen molar-refractivity contribution >= 4 is 10.9 Å². The summed E-state index contributed by atoms with van der Waals surface area (Å²) in [6.45, 7) is 4.97. The summed E-state index contributed by atoms with van der Waals surface area (Å²) >= 11 is 0. The second-order valence-electron chi connectivity index (χ2n) is 5.49. The van der Waals surface area contributed by atoms with Crippen LogP contribution in [0, 0.1) is 5.92 Å². The molecule has 3 nitrogen and oxygen atoms in total. The van der Waals surface area contributed by atoms with Crippen LogP contribution in [0.25, 0.3) is 10.9 Å². The van der Waals surface area contributed by atoms with Crippen LogP contribution >= 0.6 is 0 Å². The molecule has 0 bridgehead atoms. The Bertz CT molecular complexity index is 558. The summed E-state index contributed by atoms with van der Waals surface area (Å²) in [5.74, 6) is 0.672. The van der Waals surface area contributed by atoms with E-state index in [1.807, 2.05) is 12.3 Å². The zero-order chi connectivity index (χ0) is 13.8. The van der Waals surface area contributed by atoms with Crippen molar-refractivity contribution in [2.24, 2.45) is 5.92 Å². The molecule has 1 aliphatic heterocycles. The van der Waals surface area contributed by atoms with Gasteiger partial charge in [0.2, 0.25) is 0 Å². The molecule has 2 atom stereocenters. The van der Waals surface area contributed by atoms with Gasteiger partial charge in [-0.05, 0) is 43.0 Å². The third-order valence-electron chi connectivity index (χ3n) is 4.10. The summed E-state index contributed by atoms with van der Waals surface area (Å²) < 4.78 is 5.52. The van der Waals surface area contributed by atoms with Crippen molar-refractivity contribution < 1.29 is 4.74 Å². The SMILES string of the molecule is CCNC(CC1CCOC1)c1cccc2ncccc12. The summed E-state index contributed by atoms with van der Waals surface area (Å²) in [5, 5.41) is 4.90. The Labute approximate surface area is 120 Å². The minimum absolute atomic E-state index is 0.389. The summed E-state index contributed by atoms with van der Waals surface area (Å²) in [4.78, 5) is 4.46. The maximum Gasteiger partial charge on any atom is 0.0705 e. The molecule has 2 heterocycles. The molecule has 2 unspecified atom stereocenters. The van der Waals surface area contributed by atoms with Gasteiger partial charge in [0.25, 0.3) is 0 Å². The van der Waals surface area contributed by atoms with E-state index in [0.29, 0.717) is 12.0 Å². The van der Waals surface area contributed by atoms with Crippen LogP contribution in [0.4, 0.5) is 0 Å². The van der Waals surface area contributed by atoms with Crippen molar-refractivity contribution in [3.05, 3.63) is 42.1 Å². The fraction of sp³-hybridized carbons (Fsp3) is 0.471. The van der Waals surface area contributed by atoms with Gasteiger partial charge in [-0.15, -0.1) is 0 Å². The molecule has 1 saturated heterocycles. The maximum atomic E-state index is 5.52. The molecule has 3 heteroatoms. The highest BCUT2D eigenvalue weighted by molar-refractivity contribution is 5.82. The molecule has 1 fully saturated rings. The maximum absolute atomic E-state index is 5.52. The van der Waals surface area contributed by atoms with Gasteiger partial charge in [-0.3, -0.25) is 4.98 Å². The van der Waals surface area contributed by atoms with Crippen molar-refractivity contribution in [2.75, 3.05) is 19.8 Å². The van der Waals surface area contributed by atoms with E-state index in [-0.39, 0.29) is 0 Å². The lowest BCUT2D eigenvalue weighted by molar-refractivity contribution is 0.181. The minimum atomic E-state index is 0.389. The van der Waals surface area contributed by atoms with Gasteiger partial charge in [-0.2, -0.15) is 0 Å². The fourth-order valence-electron chi connectivity index (χ4n) is 3.10. The minimum Gasteiger partial charge on any atom is -0.381 e. The highest BCUT2D eigenvalue weighted by Crippen LogP contribution is 2.30. The van der Waals surface area contributed by atoms with E-state index < -0.39 is 0 Å². The number of aromatic nitrogens is 1. The summed E-state index contributed by atoms with van der Waals surface area (Å²) in [6, 6.07) is 11.0. The number of pyridine rings is 1. The Balaban J connectivity index is 1.91. The Morgan fingerprint density at radius 2 is 2.30 bits per heavy atom. The highest BCUT2D eigenvalue weighted by atomic mass is 16.5. The summed E-state index contributed by atoms with van der Waals surface area (Å²) in [6.07, 6.45) is 4.19. The number of rotatable bonds is 5. The highest BCUT2D eigenvalue weighted by Gasteiger charge is 2.22. The number of hydrogen-bond donors (Lipinski definition) is 1. The molecule has 1 aromatic carbocycles. The van der Waals surface area contributed by atoms with E-state index in [2.05, 4.69) is 41.5 Å². The van der Waals surface area contributed by atoms with E-state index in [4.69, 9.17) is 4.74 Å². The van der Waals surface area contributed by atoms with Gasteiger partial charge in [-0.1, -0.05) is 25.1 Å². The number of fused-ring (bicyclic) bond motifs is 1. The Morgan fingerprint density at radius 1 is 1.35 bits per heavy atom. The number of hydrogen-bond acceptors (Lipinski definition) is 3. The van der Waals surface area contributed by atoms with Gasteiger partial charge >= 0.3 is 0 Å². The second-order valence-corrected chi connectivity index (χ2v) is 5.49. The lowest BCUT2D eigenvalue weighted by atomic mass is 9.92. The van der Waals surface area contributed by atoms with Crippen LogP contribution in [0.2, 0.25) is 0 Å². The molecule has 0 saturated carbocycles. The third kappa shape index (κ3) is 2.84. The molecule has 0 spiro atoms. The number of ether oxygens (including phenoxy) is 1. The first-order valence-electron chi connectivity index (χ1n) is 7.53. The molecular weight excluding hydrogens is 248 g/mol. The third-order valence-corrected chi connectivity index (χ3v) is 4.10. The molecule has 1 N–H and O–H groups in total. The first kappa shape index (κ1) is 13.5. The molecular formula is C17H22N2O. The van der Waals surface area contributed by atoms with Crippen molar-refractivity contribution in [1.82, 2.24) is 10.3 Å². The first-order chi connectivity index (χ1) is 9.88. The van der Waals surface area contributed by atoms with Gasteiger partial charge in [-0.25, -0.2) is 0 Å². The topological polar surface area (TPSA) is 34.1 Å². The van der Waals surface area contributed by atoms with Crippen LogP contribution in [-0.4, -0.2) is 24.7 Å². The van der Waals surface area contributed by atoms with Crippen LogP contribution in [0.3, 0.4) is 0 Å². The molecule has 3 rings (SSSR count). The molecule has 20 heavy (non-hydrogen) atoms. The smallest absolute Gasteiger partial charge is 0.0705 e. The van der Waals surface area contributed by atoms with E-state index in [1.54, 1.807) is 0 Å². The quantitative estimate of drug-likeness (QED) is 0.905. The predicted octanol–water partition coefficient (Wildman–Crippen LogP) is 3.31. The Morgan fingerprint density at radius 3 is 3.10 bits per heavy atom. The van der Waals surface area contributed by atoms with Crippen LogP contribution in [-0.2, 0) is 4.74 Å². The summed E-state index contributed by atoms with van der Waals surface area (Å²) in [5.41, 5.74) is 2.44. The molecule has 106 valence electrons. The largest absolute Gasteiger partial charge is 0.381 e. The first-order valence-corrected chi connectivity index (χ1v) is 7.53.